The van der Waals surface area contributed by atoms with E-state index in [0.29, 0.717) is 5.56 Å². The molecule has 0 aliphatic rings. The summed E-state index contributed by atoms with van der Waals surface area (Å²) in [6.45, 7) is -0.176. The minimum atomic E-state index is -0.940. The fourth-order valence-electron chi connectivity index (χ4n) is 1.59. The molecule has 0 fully saturated rings. The summed E-state index contributed by atoms with van der Waals surface area (Å²) in [4.78, 5) is 23.0. The normalized spacial score (nSPS) is 11.7. The van der Waals surface area contributed by atoms with Crippen molar-refractivity contribution in [2.24, 2.45) is 0 Å². The Hall–Kier alpha value is -1.95. The van der Waals surface area contributed by atoms with Crippen LogP contribution in [0.4, 0.5) is 4.39 Å². The van der Waals surface area contributed by atoms with Gasteiger partial charge in [0, 0.05) is 13.5 Å². The molecule has 19 heavy (non-hydrogen) atoms. The van der Waals surface area contributed by atoms with Crippen LogP contribution in [0.5, 0.6) is 0 Å². The monoisotopic (exact) mass is 269 g/mol. The van der Waals surface area contributed by atoms with Crippen LogP contribution in [-0.2, 0) is 25.5 Å². The van der Waals surface area contributed by atoms with E-state index in [-0.39, 0.29) is 13.0 Å². The van der Waals surface area contributed by atoms with Crippen LogP contribution in [-0.4, -0.2) is 38.7 Å². The first kappa shape index (κ1) is 15.1. The SMILES string of the molecule is COCC(=O)N[C@H](Cc1ccccc1F)C(=O)OC. The number of ether oxygens (including phenoxy) is 2. The smallest absolute Gasteiger partial charge is 0.328 e. The van der Waals surface area contributed by atoms with Crippen molar-refractivity contribution in [1.82, 2.24) is 5.32 Å². The number of amides is 1. The van der Waals surface area contributed by atoms with Crippen molar-refractivity contribution in [2.45, 2.75) is 12.5 Å². The molecule has 6 heteroatoms. The number of halogens is 1. The molecule has 1 amide bonds. The molecule has 0 bridgehead atoms. The molecule has 1 aromatic carbocycles. The highest BCUT2D eigenvalue weighted by Crippen LogP contribution is 2.10. The Balaban J connectivity index is 2.78. The van der Waals surface area contributed by atoms with Crippen LogP contribution in [0, 0.1) is 5.82 Å². The van der Waals surface area contributed by atoms with Crippen molar-refractivity contribution in [3.8, 4) is 0 Å². The van der Waals surface area contributed by atoms with Crippen LogP contribution in [0.15, 0.2) is 24.3 Å². The average molecular weight is 269 g/mol. The number of benzene rings is 1. The molecule has 0 aliphatic carbocycles. The summed E-state index contributed by atoms with van der Waals surface area (Å²) in [7, 11) is 2.57. The Bertz CT molecular complexity index is 450. The summed E-state index contributed by atoms with van der Waals surface area (Å²) in [5.41, 5.74) is 0.329. The van der Waals surface area contributed by atoms with Gasteiger partial charge in [0.1, 0.15) is 18.5 Å². The largest absolute Gasteiger partial charge is 0.467 e. The lowest BCUT2D eigenvalue weighted by atomic mass is 10.1. The molecule has 1 atom stereocenters. The number of nitrogens with one attached hydrogen (secondary N) is 1. The zero-order valence-corrected chi connectivity index (χ0v) is 10.8. The lowest BCUT2D eigenvalue weighted by Gasteiger charge is -2.16. The zero-order chi connectivity index (χ0) is 14.3. The van der Waals surface area contributed by atoms with E-state index in [0.717, 1.165) is 0 Å². The predicted octanol–water partition coefficient (Wildman–Crippen LogP) is 0.672. The Morgan fingerprint density at radius 3 is 2.58 bits per heavy atom. The maximum Gasteiger partial charge on any atom is 0.328 e. The molecule has 0 unspecified atom stereocenters. The van der Waals surface area contributed by atoms with Crippen LogP contribution in [0.2, 0.25) is 0 Å². The minimum absolute atomic E-state index is 0.0226. The van der Waals surface area contributed by atoms with Gasteiger partial charge in [-0.2, -0.15) is 0 Å². The summed E-state index contributed by atoms with van der Waals surface area (Å²) in [5, 5.41) is 2.44. The fraction of sp³-hybridized carbons (Fsp3) is 0.385. The highest BCUT2D eigenvalue weighted by Gasteiger charge is 2.22. The van der Waals surface area contributed by atoms with Crippen LogP contribution in [0.1, 0.15) is 5.56 Å². The van der Waals surface area contributed by atoms with Crippen LogP contribution in [0.25, 0.3) is 0 Å². The first-order valence-electron chi connectivity index (χ1n) is 5.68. The van der Waals surface area contributed by atoms with Crippen molar-refractivity contribution in [3.63, 3.8) is 0 Å². The summed E-state index contributed by atoms with van der Waals surface area (Å²) >= 11 is 0. The third-order valence-electron chi connectivity index (χ3n) is 2.48. The van der Waals surface area contributed by atoms with E-state index < -0.39 is 23.7 Å². The quantitative estimate of drug-likeness (QED) is 0.771. The Morgan fingerprint density at radius 1 is 1.32 bits per heavy atom. The highest BCUT2D eigenvalue weighted by atomic mass is 19.1. The molecule has 0 aromatic heterocycles. The van der Waals surface area contributed by atoms with Crippen molar-refractivity contribution < 1.29 is 23.5 Å². The minimum Gasteiger partial charge on any atom is -0.467 e. The van der Waals surface area contributed by atoms with Gasteiger partial charge in [-0.15, -0.1) is 0 Å². The molecule has 0 saturated carbocycles. The number of carbonyl (C=O) groups is 2. The highest BCUT2D eigenvalue weighted by molar-refractivity contribution is 5.85. The molecule has 0 radical (unpaired) electrons. The van der Waals surface area contributed by atoms with E-state index in [1.807, 2.05) is 0 Å². The third-order valence-corrected chi connectivity index (χ3v) is 2.48. The van der Waals surface area contributed by atoms with Crippen molar-refractivity contribution >= 4 is 11.9 Å². The second-order valence-electron chi connectivity index (χ2n) is 3.87. The molecular weight excluding hydrogens is 253 g/mol. The maximum absolute atomic E-state index is 13.5. The summed E-state index contributed by atoms with van der Waals surface area (Å²) in [6.07, 6.45) is 0.0226. The fourth-order valence-corrected chi connectivity index (χ4v) is 1.59. The molecular formula is C13H16FNO4. The van der Waals surface area contributed by atoms with Crippen molar-refractivity contribution in [3.05, 3.63) is 35.6 Å². The molecule has 0 heterocycles. The molecule has 104 valence electrons. The summed E-state index contributed by atoms with van der Waals surface area (Å²) in [6, 6.07) is 5.11. The van der Waals surface area contributed by atoms with Gasteiger partial charge in [0.05, 0.1) is 7.11 Å². The van der Waals surface area contributed by atoms with E-state index in [1.165, 1.54) is 20.3 Å². The van der Waals surface area contributed by atoms with Gasteiger partial charge in [-0.3, -0.25) is 4.79 Å². The zero-order valence-electron chi connectivity index (χ0n) is 10.8. The number of hydrogen-bond donors (Lipinski definition) is 1. The van der Waals surface area contributed by atoms with Crippen LogP contribution >= 0.6 is 0 Å². The second kappa shape index (κ2) is 7.48. The summed E-state index contributed by atoms with van der Waals surface area (Å²) < 4.78 is 22.8. The number of methoxy groups -OCH3 is 2. The molecule has 1 aromatic rings. The average Bonchev–Trinajstić information content (AvgIpc) is 2.39. The topological polar surface area (TPSA) is 64.6 Å². The number of rotatable bonds is 6. The van der Waals surface area contributed by atoms with Crippen molar-refractivity contribution in [2.75, 3.05) is 20.8 Å². The third kappa shape index (κ3) is 4.67. The second-order valence-corrected chi connectivity index (χ2v) is 3.87. The standard InChI is InChI=1S/C13H16FNO4/c1-18-8-12(16)15-11(13(17)19-2)7-9-5-3-4-6-10(9)14/h3-6,11H,7-8H2,1-2H3,(H,15,16)/t11-/m1/s1. The van der Waals surface area contributed by atoms with E-state index in [1.54, 1.807) is 18.2 Å². The van der Waals surface area contributed by atoms with E-state index in [9.17, 15) is 14.0 Å². The predicted molar refractivity (Wildman–Crippen MR) is 65.9 cm³/mol. The summed E-state index contributed by atoms with van der Waals surface area (Å²) in [5.74, 6) is -1.53. The molecule has 1 N–H and O–H groups in total. The number of esters is 1. The number of carbonyl (C=O) groups excluding carboxylic acids is 2. The van der Waals surface area contributed by atoms with Gasteiger partial charge < -0.3 is 14.8 Å². The van der Waals surface area contributed by atoms with Crippen LogP contribution < -0.4 is 5.32 Å². The maximum atomic E-state index is 13.5. The molecule has 5 nitrogen and oxygen atoms in total. The Labute approximate surface area is 110 Å². The first-order valence-corrected chi connectivity index (χ1v) is 5.68. The van der Waals surface area contributed by atoms with Gasteiger partial charge in [-0.25, -0.2) is 9.18 Å². The van der Waals surface area contributed by atoms with Gasteiger partial charge >= 0.3 is 5.97 Å². The Kier molecular flexibility index (Phi) is 5.95. The van der Waals surface area contributed by atoms with E-state index in [2.05, 4.69) is 14.8 Å². The van der Waals surface area contributed by atoms with E-state index >= 15 is 0 Å². The van der Waals surface area contributed by atoms with Gasteiger partial charge in [0.15, 0.2) is 0 Å². The van der Waals surface area contributed by atoms with Gasteiger partial charge in [0.25, 0.3) is 0 Å². The van der Waals surface area contributed by atoms with Gasteiger partial charge in [-0.1, -0.05) is 18.2 Å². The molecule has 0 aliphatic heterocycles. The molecule has 0 saturated heterocycles. The van der Waals surface area contributed by atoms with E-state index in [4.69, 9.17) is 0 Å². The molecule has 0 spiro atoms. The van der Waals surface area contributed by atoms with Gasteiger partial charge in [-0.05, 0) is 11.6 Å². The molecule has 1 rings (SSSR count). The number of hydrogen-bond acceptors (Lipinski definition) is 4. The van der Waals surface area contributed by atoms with Gasteiger partial charge in [0.2, 0.25) is 5.91 Å². The van der Waals surface area contributed by atoms with Crippen molar-refractivity contribution in [1.29, 1.82) is 0 Å². The lowest BCUT2D eigenvalue weighted by Crippen LogP contribution is -2.44. The Morgan fingerprint density at radius 2 is 2.00 bits per heavy atom. The lowest BCUT2D eigenvalue weighted by molar-refractivity contribution is -0.145. The first-order chi connectivity index (χ1) is 9.08. The van der Waals surface area contributed by atoms with Crippen LogP contribution in [0.3, 0.4) is 0 Å².